The molecule has 1 atom stereocenters. The molecule has 2 aliphatic rings. The minimum absolute atomic E-state index is 0.0820. The van der Waals surface area contributed by atoms with Gasteiger partial charge in [0, 0.05) is 23.9 Å². The second-order valence-electron chi connectivity index (χ2n) is 8.70. The number of thiazole rings is 1. The Morgan fingerprint density at radius 2 is 1.77 bits per heavy atom. The second-order valence-corrected chi connectivity index (χ2v) is 9.71. The van der Waals surface area contributed by atoms with Gasteiger partial charge in [-0.3, -0.25) is 0 Å². The van der Waals surface area contributed by atoms with Crippen molar-refractivity contribution in [3.63, 3.8) is 0 Å². The maximum absolute atomic E-state index is 11.2. The predicted molar refractivity (Wildman–Crippen MR) is 117 cm³/mol. The summed E-state index contributed by atoms with van der Waals surface area (Å²) < 4.78 is 0. The van der Waals surface area contributed by atoms with Crippen LogP contribution in [0.3, 0.4) is 0 Å². The highest BCUT2D eigenvalue weighted by atomic mass is 32.1. The van der Waals surface area contributed by atoms with Crippen molar-refractivity contribution in [2.45, 2.75) is 27.2 Å². The summed E-state index contributed by atoms with van der Waals surface area (Å²) in [4.78, 5) is 29.1. The zero-order valence-corrected chi connectivity index (χ0v) is 18.0. The molecule has 4 rings (SSSR count). The lowest BCUT2D eigenvalue weighted by atomic mass is 9.58. The number of aromatic carboxylic acids is 2. The summed E-state index contributed by atoms with van der Waals surface area (Å²) >= 11 is 1.21. The van der Waals surface area contributed by atoms with Crippen LogP contribution in [0.5, 0.6) is 0 Å². The van der Waals surface area contributed by atoms with Gasteiger partial charge in [-0.05, 0) is 29.7 Å². The first kappa shape index (κ1) is 20.3. The fraction of sp³-hybridized carbons (Fsp3) is 0.348. The third-order valence-corrected chi connectivity index (χ3v) is 7.27. The first-order chi connectivity index (χ1) is 14.1. The van der Waals surface area contributed by atoms with E-state index in [0.29, 0.717) is 6.54 Å². The summed E-state index contributed by atoms with van der Waals surface area (Å²) in [7, 11) is 0. The number of nitrogens with zero attached hydrogens (tertiary/aromatic N) is 2. The quantitative estimate of drug-likeness (QED) is 0.685. The number of hydrogen-bond donors (Lipinski definition) is 2. The van der Waals surface area contributed by atoms with Crippen LogP contribution < -0.4 is 4.90 Å². The Balaban J connectivity index is 1.64. The molecule has 0 unspecified atom stereocenters. The molecule has 1 aromatic carbocycles. The van der Waals surface area contributed by atoms with Gasteiger partial charge >= 0.3 is 11.9 Å². The first-order valence-electron chi connectivity index (χ1n) is 9.81. The van der Waals surface area contributed by atoms with Crippen LogP contribution in [0, 0.1) is 10.8 Å². The minimum atomic E-state index is -0.946. The summed E-state index contributed by atoms with van der Waals surface area (Å²) in [5.74, 6) is -1.87. The van der Waals surface area contributed by atoms with Gasteiger partial charge in [-0.1, -0.05) is 62.0 Å². The summed E-state index contributed by atoms with van der Waals surface area (Å²) in [5, 5.41) is 19.1. The highest BCUT2D eigenvalue weighted by molar-refractivity contribution is 7.17. The van der Waals surface area contributed by atoms with Crippen LogP contribution in [0.15, 0.2) is 48.2 Å². The van der Waals surface area contributed by atoms with Crippen molar-refractivity contribution in [1.82, 2.24) is 4.98 Å². The molecule has 0 bridgehead atoms. The Hall–Kier alpha value is -2.93. The van der Waals surface area contributed by atoms with Gasteiger partial charge in [0.25, 0.3) is 0 Å². The van der Waals surface area contributed by atoms with Gasteiger partial charge in [0.1, 0.15) is 4.88 Å². The van der Waals surface area contributed by atoms with Crippen molar-refractivity contribution < 1.29 is 19.8 Å². The average molecular weight is 425 g/mol. The van der Waals surface area contributed by atoms with Crippen LogP contribution in [0.1, 0.15) is 52.8 Å². The molecule has 0 amide bonds. The number of carboxylic acid groups (broad SMARTS) is 2. The van der Waals surface area contributed by atoms with E-state index >= 15 is 0 Å². The molecule has 0 saturated carbocycles. The molecule has 30 heavy (non-hydrogen) atoms. The molecule has 1 aliphatic carbocycles. The molecule has 2 N–H and O–H groups in total. The third-order valence-electron chi connectivity index (χ3n) is 6.23. The van der Waals surface area contributed by atoms with Gasteiger partial charge in [-0.2, -0.15) is 0 Å². The van der Waals surface area contributed by atoms with E-state index < -0.39 is 11.9 Å². The van der Waals surface area contributed by atoms with E-state index in [2.05, 4.69) is 42.8 Å². The van der Waals surface area contributed by atoms with E-state index in [9.17, 15) is 14.7 Å². The molecule has 0 fully saturated rings. The lowest BCUT2D eigenvalue weighted by molar-refractivity contribution is 0.0688. The number of allylic oxidation sites excluding steroid dienone is 2. The number of hydrogen-bond acceptors (Lipinski definition) is 5. The van der Waals surface area contributed by atoms with Crippen molar-refractivity contribution in [2.75, 3.05) is 18.0 Å². The van der Waals surface area contributed by atoms with Crippen LogP contribution in [0.2, 0.25) is 0 Å². The maximum Gasteiger partial charge on any atom is 0.347 e. The van der Waals surface area contributed by atoms with Crippen LogP contribution in [0.4, 0.5) is 5.13 Å². The van der Waals surface area contributed by atoms with Crippen LogP contribution >= 0.6 is 11.3 Å². The molecule has 156 valence electrons. The predicted octanol–water partition coefficient (Wildman–Crippen LogP) is 4.81. The molecular formula is C23H24N2O4S. The van der Waals surface area contributed by atoms with Gasteiger partial charge in [0.15, 0.2) is 5.13 Å². The zero-order chi connectivity index (χ0) is 21.7. The fourth-order valence-electron chi connectivity index (χ4n) is 4.86. The van der Waals surface area contributed by atoms with E-state index in [1.54, 1.807) is 12.1 Å². The summed E-state index contributed by atoms with van der Waals surface area (Å²) in [5.41, 5.74) is 3.62. The highest BCUT2D eigenvalue weighted by Crippen LogP contribution is 2.55. The molecule has 1 aliphatic heterocycles. The SMILES string of the molecule is CC1(C)C(c2ccc(C(=O)O)cc2)=CC[C@]2(C)CN(c3ncc(C(=O)O)s3)CC=C12. The second kappa shape index (κ2) is 7.09. The van der Waals surface area contributed by atoms with Crippen molar-refractivity contribution in [2.24, 2.45) is 10.8 Å². The zero-order valence-electron chi connectivity index (χ0n) is 17.2. The summed E-state index contributed by atoms with van der Waals surface area (Å²) in [6, 6.07) is 7.08. The summed E-state index contributed by atoms with van der Waals surface area (Å²) in [6.45, 7) is 8.14. The Morgan fingerprint density at radius 1 is 1.07 bits per heavy atom. The molecule has 1 aromatic heterocycles. The van der Waals surface area contributed by atoms with Crippen molar-refractivity contribution in [3.05, 3.63) is 64.2 Å². The van der Waals surface area contributed by atoms with Crippen molar-refractivity contribution in [3.8, 4) is 0 Å². The van der Waals surface area contributed by atoms with Gasteiger partial charge in [0.2, 0.25) is 0 Å². The van der Waals surface area contributed by atoms with E-state index in [0.717, 1.165) is 23.7 Å². The average Bonchev–Trinajstić information content (AvgIpc) is 3.18. The van der Waals surface area contributed by atoms with Crippen molar-refractivity contribution in [1.29, 1.82) is 0 Å². The molecule has 0 spiro atoms. The van der Waals surface area contributed by atoms with Gasteiger partial charge in [-0.25, -0.2) is 14.6 Å². The number of carbonyl (C=O) groups is 2. The molecule has 2 aromatic rings. The third kappa shape index (κ3) is 3.33. The fourth-order valence-corrected chi connectivity index (χ4v) is 5.62. The van der Waals surface area contributed by atoms with Gasteiger partial charge in [-0.15, -0.1) is 0 Å². The minimum Gasteiger partial charge on any atom is -0.478 e. The Morgan fingerprint density at radius 3 is 2.37 bits per heavy atom. The molecule has 6 nitrogen and oxygen atoms in total. The summed E-state index contributed by atoms with van der Waals surface area (Å²) in [6.07, 6.45) is 6.80. The Kier molecular flexibility index (Phi) is 4.81. The number of aromatic nitrogens is 1. The standard InChI is InChI=1S/C23H24N2O4S/c1-22(2)16(14-4-6-15(7-5-14)19(26)27)8-10-23(3)13-25(11-9-18(22)23)21-24-12-17(30-21)20(28)29/h4-9,12H,10-11,13H2,1-3H3,(H,26,27)(H,28,29)/t23-/m1/s1. The number of rotatable bonds is 4. The Labute approximate surface area is 179 Å². The lowest BCUT2D eigenvalue weighted by Gasteiger charge is -2.50. The largest absolute Gasteiger partial charge is 0.478 e. The van der Waals surface area contributed by atoms with E-state index in [-0.39, 0.29) is 21.3 Å². The number of anilines is 1. The molecule has 0 saturated heterocycles. The van der Waals surface area contributed by atoms with Gasteiger partial charge in [0.05, 0.1) is 11.8 Å². The van der Waals surface area contributed by atoms with Crippen LogP contribution in [0.25, 0.3) is 5.57 Å². The van der Waals surface area contributed by atoms with Crippen molar-refractivity contribution >= 4 is 34.0 Å². The molecular weight excluding hydrogens is 400 g/mol. The van der Waals surface area contributed by atoms with E-state index in [4.69, 9.17) is 5.11 Å². The van der Waals surface area contributed by atoms with Crippen LogP contribution in [-0.4, -0.2) is 40.2 Å². The van der Waals surface area contributed by atoms with Crippen LogP contribution in [-0.2, 0) is 0 Å². The first-order valence-corrected chi connectivity index (χ1v) is 10.6. The maximum atomic E-state index is 11.2. The van der Waals surface area contributed by atoms with Gasteiger partial charge < -0.3 is 15.1 Å². The number of fused-ring (bicyclic) bond motifs is 1. The van der Waals surface area contributed by atoms with E-state index in [1.165, 1.54) is 28.7 Å². The molecule has 7 heteroatoms. The normalized spacial score (nSPS) is 22.7. The van der Waals surface area contributed by atoms with E-state index in [1.807, 2.05) is 12.1 Å². The number of carboxylic acids is 2. The molecule has 0 radical (unpaired) electrons. The monoisotopic (exact) mass is 424 g/mol. The lowest BCUT2D eigenvalue weighted by Crippen LogP contribution is -2.46. The smallest absolute Gasteiger partial charge is 0.347 e. The number of benzene rings is 1. The molecule has 2 heterocycles. The Bertz CT molecular complexity index is 1080. The topological polar surface area (TPSA) is 90.7 Å². The highest BCUT2D eigenvalue weighted by Gasteiger charge is 2.46.